The molecule has 5 heteroatoms. The van der Waals surface area contributed by atoms with Gasteiger partial charge in [-0.3, -0.25) is 0 Å². The Hall–Kier alpha value is -0.840. The third kappa shape index (κ3) is 2.64. The summed E-state index contributed by atoms with van der Waals surface area (Å²) in [6, 6.07) is 1.86. The van der Waals surface area contributed by atoms with Gasteiger partial charge < -0.3 is 9.73 Å². The van der Waals surface area contributed by atoms with Crippen molar-refractivity contribution in [3.05, 3.63) is 28.6 Å². The van der Waals surface area contributed by atoms with E-state index in [2.05, 4.69) is 17.2 Å². The van der Waals surface area contributed by atoms with Gasteiger partial charge >= 0.3 is 0 Å². The molecule has 0 saturated heterocycles. The van der Waals surface area contributed by atoms with Crippen molar-refractivity contribution >= 4 is 22.9 Å². The smallest absolute Gasteiger partial charge is 0.208 e. The Bertz CT molecular complexity index is 452. The van der Waals surface area contributed by atoms with Gasteiger partial charge in [0.1, 0.15) is 0 Å². The van der Waals surface area contributed by atoms with Crippen LogP contribution < -0.4 is 5.32 Å². The molecule has 0 radical (unpaired) electrons. The molecule has 0 spiro atoms. The van der Waals surface area contributed by atoms with Crippen molar-refractivity contribution < 1.29 is 4.42 Å². The standard InChI is InChI=1S/C11H13ClN2OS/c1-2-4-13-7-10-14-6-9(15-10)11-8(12)3-5-16-11/h3,5-6,13H,2,4,7H2,1H3. The van der Waals surface area contributed by atoms with Gasteiger partial charge in [0.05, 0.1) is 22.6 Å². The lowest BCUT2D eigenvalue weighted by Crippen LogP contribution is -2.13. The second-order valence-corrected chi connectivity index (χ2v) is 4.72. The molecule has 0 amide bonds. The minimum Gasteiger partial charge on any atom is -0.438 e. The van der Waals surface area contributed by atoms with Crippen molar-refractivity contribution in [2.75, 3.05) is 6.54 Å². The van der Waals surface area contributed by atoms with Crippen molar-refractivity contribution in [2.24, 2.45) is 0 Å². The molecule has 2 aromatic heterocycles. The molecule has 1 N–H and O–H groups in total. The minimum absolute atomic E-state index is 0.664. The first-order valence-corrected chi connectivity index (χ1v) is 6.45. The molecular weight excluding hydrogens is 244 g/mol. The highest BCUT2D eigenvalue weighted by Gasteiger charge is 2.10. The van der Waals surface area contributed by atoms with Crippen LogP contribution >= 0.6 is 22.9 Å². The van der Waals surface area contributed by atoms with Crippen LogP contribution in [-0.2, 0) is 6.54 Å². The number of nitrogens with zero attached hydrogens (tertiary/aromatic N) is 1. The predicted octanol–water partition coefficient (Wildman–Crippen LogP) is 3.56. The van der Waals surface area contributed by atoms with E-state index < -0.39 is 0 Å². The fourth-order valence-electron chi connectivity index (χ4n) is 1.34. The minimum atomic E-state index is 0.664. The van der Waals surface area contributed by atoms with Gasteiger partial charge in [-0.1, -0.05) is 18.5 Å². The van der Waals surface area contributed by atoms with E-state index in [4.69, 9.17) is 16.0 Å². The van der Waals surface area contributed by atoms with Crippen molar-refractivity contribution in [1.82, 2.24) is 10.3 Å². The highest BCUT2D eigenvalue weighted by atomic mass is 35.5. The molecule has 2 heterocycles. The van der Waals surface area contributed by atoms with Crippen LogP contribution in [0.4, 0.5) is 0 Å². The molecular formula is C11H13ClN2OS. The van der Waals surface area contributed by atoms with Crippen molar-refractivity contribution in [3.8, 4) is 10.6 Å². The number of hydrogen-bond acceptors (Lipinski definition) is 4. The summed E-state index contributed by atoms with van der Waals surface area (Å²) in [4.78, 5) is 5.14. The number of aromatic nitrogens is 1. The zero-order chi connectivity index (χ0) is 11.4. The summed E-state index contributed by atoms with van der Waals surface area (Å²) < 4.78 is 5.61. The van der Waals surface area contributed by atoms with Gasteiger partial charge in [0.25, 0.3) is 0 Å². The first-order chi connectivity index (χ1) is 7.81. The van der Waals surface area contributed by atoms with E-state index in [9.17, 15) is 0 Å². The predicted molar refractivity (Wildman–Crippen MR) is 66.8 cm³/mol. The lowest BCUT2D eigenvalue weighted by atomic mass is 10.4. The third-order valence-electron chi connectivity index (χ3n) is 2.10. The van der Waals surface area contributed by atoms with E-state index in [1.54, 1.807) is 17.5 Å². The average Bonchev–Trinajstić information content (AvgIpc) is 2.87. The Morgan fingerprint density at radius 2 is 2.44 bits per heavy atom. The third-order valence-corrected chi connectivity index (χ3v) is 3.45. The van der Waals surface area contributed by atoms with Gasteiger partial charge in [0.15, 0.2) is 5.76 Å². The zero-order valence-corrected chi connectivity index (χ0v) is 10.6. The number of thiophene rings is 1. The molecule has 86 valence electrons. The monoisotopic (exact) mass is 256 g/mol. The van der Waals surface area contributed by atoms with E-state index >= 15 is 0 Å². The highest BCUT2D eigenvalue weighted by molar-refractivity contribution is 7.14. The maximum Gasteiger partial charge on any atom is 0.208 e. The summed E-state index contributed by atoms with van der Waals surface area (Å²) in [7, 11) is 0. The molecule has 0 aliphatic rings. The molecule has 0 aliphatic carbocycles. The van der Waals surface area contributed by atoms with Crippen LogP contribution in [0.1, 0.15) is 19.2 Å². The summed E-state index contributed by atoms with van der Waals surface area (Å²) in [5.41, 5.74) is 0. The van der Waals surface area contributed by atoms with Crippen LogP contribution in [0.15, 0.2) is 22.1 Å². The first kappa shape index (κ1) is 11.6. The SMILES string of the molecule is CCCNCc1ncc(-c2sccc2Cl)o1. The summed E-state index contributed by atoms with van der Waals surface area (Å²) >= 11 is 7.58. The van der Waals surface area contributed by atoms with Gasteiger partial charge in [0, 0.05) is 0 Å². The Kier molecular flexibility index (Phi) is 3.98. The number of rotatable bonds is 5. The van der Waals surface area contributed by atoms with E-state index in [-0.39, 0.29) is 0 Å². The van der Waals surface area contributed by atoms with E-state index in [0.717, 1.165) is 23.6 Å². The van der Waals surface area contributed by atoms with E-state index in [1.807, 2.05) is 11.4 Å². The fraction of sp³-hybridized carbons (Fsp3) is 0.364. The maximum absolute atomic E-state index is 6.02. The molecule has 0 aromatic carbocycles. The van der Waals surface area contributed by atoms with Crippen LogP contribution in [0.5, 0.6) is 0 Å². The van der Waals surface area contributed by atoms with Crippen LogP contribution in [0.2, 0.25) is 5.02 Å². The fourth-order valence-corrected chi connectivity index (χ4v) is 2.43. The molecule has 0 bridgehead atoms. The molecule has 2 rings (SSSR count). The van der Waals surface area contributed by atoms with Crippen LogP contribution in [0, 0.1) is 0 Å². The normalized spacial score (nSPS) is 10.9. The summed E-state index contributed by atoms with van der Waals surface area (Å²) in [6.45, 7) is 3.76. The molecule has 0 saturated carbocycles. The van der Waals surface area contributed by atoms with Crippen molar-refractivity contribution in [3.63, 3.8) is 0 Å². The van der Waals surface area contributed by atoms with E-state index in [1.165, 1.54) is 0 Å². The first-order valence-electron chi connectivity index (χ1n) is 5.20. The Morgan fingerprint density at radius 3 is 3.12 bits per heavy atom. The molecule has 0 fully saturated rings. The zero-order valence-electron chi connectivity index (χ0n) is 9.00. The number of nitrogens with one attached hydrogen (secondary N) is 1. The number of oxazole rings is 1. The van der Waals surface area contributed by atoms with Crippen molar-refractivity contribution in [2.45, 2.75) is 19.9 Å². The number of hydrogen-bond donors (Lipinski definition) is 1. The Balaban J connectivity index is 2.05. The largest absolute Gasteiger partial charge is 0.438 e. The van der Waals surface area contributed by atoms with Crippen LogP contribution in [0.25, 0.3) is 10.6 Å². The molecule has 2 aromatic rings. The maximum atomic E-state index is 6.02. The van der Waals surface area contributed by atoms with Gasteiger partial charge in [-0.05, 0) is 24.4 Å². The number of halogens is 1. The van der Waals surface area contributed by atoms with Gasteiger partial charge in [-0.15, -0.1) is 11.3 Å². The van der Waals surface area contributed by atoms with Gasteiger partial charge in [-0.25, -0.2) is 4.98 Å². The quantitative estimate of drug-likeness (QED) is 0.832. The summed E-state index contributed by atoms with van der Waals surface area (Å²) in [5.74, 6) is 1.45. The summed E-state index contributed by atoms with van der Waals surface area (Å²) in [6.07, 6.45) is 2.82. The molecule has 3 nitrogen and oxygen atoms in total. The topological polar surface area (TPSA) is 38.1 Å². The van der Waals surface area contributed by atoms with Crippen LogP contribution in [0.3, 0.4) is 0 Å². The summed E-state index contributed by atoms with van der Waals surface area (Å²) in [5, 5.41) is 5.90. The molecule has 0 unspecified atom stereocenters. The van der Waals surface area contributed by atoms with Gasteiger partial charge in [0.2, 0.25) is 5.89 Å². The highest BCUT2D eigenvalue weighted by Crippen LogP contribution is 2.33. The van der Waals surface area contributed by atoms with Gasteiger partial charge in [-0.2, -0.15) is 0 Å². The Morgan fingerprint density at radius 1 is 1.56 bits per heavy atom. The van der Waals surface area contributed by atoms with Crippen molar-refractivity contribution in [1.29, 1.82) is 0 Å². The second-order valence-electron chi connectivity index (χ2n) is 3.39. The lowest BCUT2D eigenvalue weighted by molar-refractivity contribution is 0.478. The second kappa shape index (κ2) is 5.48. The molecule has 0 atom stereocenters. The molecule has 0 aliphatic heterocycles. The average molecular weight is 257 g/mol. The molecule has 16 heavy (non-hydrogen) atoms. The van der Waals surface area contributed by atoms with E-state index in [0.29, 0.717) is 17.5 Å². The Labute approximate surface area is 103 Å². The lowest BCUT2D eigenvalue weighted by Gasteiger charge is -1.97. The van der Waals surface area contributed by atoms with Crippen LogP contribution in [-0.4, -0.2) is 11.5 Å².